The van der Waals surface area contributed by atoms with E-state index >= 15 is 0 Å². The molecule has 9 heteroatoms. The summed E-state index contributed by atoms with van der Waals surface area (Å²) in [5.74, 6) is 0.383. The predicted octanol–water partition coefficient (Wildman–Crippen LogP) is 5.55. The molecule has 2 aromatic carbocycles. The van der Waals surface area contributed by atoms with E-state index < -0.39 is 0 Å². The van der Waals surface area contributed by atoms with E-state index in [2.05, 4.69) is 20.5 Å². The lowest BCUT2D eigenvalue weighted by atomic mass is 10.1. The molecule has 1 N–H and O–H groups in total. The van der Waals surface area contributed by atoms with Crippen LogP contribution in [-0.2, 0) is 4.79 Å². The maximum Gasteiger partial charge on any atom is 0.277 e. The summed E-state index contributed by atoms with van der Waals surface area (Å²) in [7, 11) is 0. The van der Waals surface area contributed by atoms with E-state index in [1.54, 1.807) is 12.1 Å². The molecule has 0 bridgehead atoms. The van der Waals surface area contributed by atoms with Crippen molar-refractivity contribution in [3.63, 3.8) is 0 Å². The van der Waals surface area contributed by atoms with Crippen LogP contribution in [0.3, 0.4) is 0 Å². The Morgan fingerprint density at radius 2 is 1.83 bits per heavy atom. The van der Waals surface area contributed by atoms with Gasteiger partial charge in [-0.3, -0.25) is 4.79 Å². The molecular formula is C20H15ClN4O2S2. The molecule has 146 valence electrons. The molecular weight excluding hydrogens is 428 g/mol. The average molecular weight is 443 g/mol. The lowest BCUT2D eigenvalue weighted by Crippen LogP contribution is -2.13. The maximum absolute atomic E-state index is 12.2. The molecule has 0 fully saturated rings. The highest BCUT2D eigenvalue weighted by Gasteiger charge is 2.13. The Morgan fingerprint density at radius 3 is 2.59 bits per heavy atom. The number of benzene rings is 2. The van der Waals surface area contributed by atoms with Gasteiger partial charge >= 0.3 is 0 Å². The first-order valence-electron chi connectivity index (χ1n) is 8.61. The van der Waals surface area contributed by atoms with Gasteiger partial charge in [0.2, 0.25) is 11.8 Å². The SMILES string of the molecule is Cc1ccc(-c2nnc(SCC(=O)Nc3nc(-c4ccc(Cl)cc4)cs3)o2)cc1. The third kappa shape index (κ3) is 5.03. The highest BCUT2D eigenvalue weighted by Crippen LogP contribution is 2.27. The summed E-state index contributed by atoms with van der Waals surface area (Å²) in [6.07, 6.45) is 0. The van der Waals surface area contributed by atoms with Crippen LogP contribution in [0.4, 0.5) is 5.13 Å². The van der Waals surface area contributed by atoms with Crippen molar-refractivity contribution in [1.29, 1.82) is 0 Å². The Labute approximate surface area is 180 Å². The Bertz CT molecular complexity index is 1120. The smallest absolute Gasteiger partial charge is 0.277 e. The van der Waals surface area contributed by atoms with Gasteiger partial charge in [0, 0.05) is 21.5 Å². The number of amides is 1. The molecule has 1 amide bonds. The molecule has 2 aromatic heterocycles. The normalized spacial score (nSPS) is 10.8. The molecule has 0 aliphatic carbocycles. The number of halogens is 1. The quantitative estimate of drug-likeness (QED) is 0.394. The van der Waals surface area contributed by atoms with Gasteiger partial charge in [-0.2, -0.15) is 0 Å². The number of thioether (sulfide) groups is 1. The number of rotatable bonds is 6. The molecule has 0 unspecified atom stereocenters. The first-order chi connectivity index (χ1) is 14.1. The molecule has 4 rings (SSSR count). The average Bonchev–Trinajstić information content (AvgIpc) is 3.37. The number of hydrogen-bond acceptors (Lipinski definition) is 7. The van der Waals surface area contributed by atoms with Crippen molar-refractivity contribution in [1.82, 2.24) is 15.2 Å². The minimum atomic E-state index is -0.193. The van der Waals surface area contributed by atoms with Gasteiger partial charge in [0.15, 0.2) is 5.13 Å². The van der Waals surface area contributed by atoms with E-state index in [1.807, 2.05) is 48.7 Å². The van der Waals surface area contributed by atoms with E-state index in [9.17, 15) is 4.79 Å². The Kier molecular flexibility index (Phi) is 5.94. The maximum atomic E-state index is 12.2. The van der Waals surface area contributed by atoms with Gasteiger partial charge in [-0.15, -0.1) is 21.5 Å². The molecule has 0 saturated carbocycles. The van der Waals surface area contributed by atoms with Crippen molar-refractivity contribution >= 4 is 45.7 Å². The number of nitrogens with zero attached hydrogens (tertiary/aromatic N) is 3. The lowest BCUT2D eigenvalue weighted by Gasteiger charge is -2.00. The number of carbonyl (C=O) groups is 1. The Balaban J connectivity index is 1.33. The van der Waals surface area contributed by atoms with Gasteiger partial charge < -0.3 is 9.73 Å². The van der Waals surface area contributed by atoms with E-state index in [-0.39, 0.29) is 11.7 Å². The van der Waals surface area contributed by atoms with E-state index in [4.69, 9.17) is 16.0 Å². The third-order valence-electron chi connectivity index (χ3n) is 3.92. The Hall–Kier alpha value is -2.68. The van der Waals surface area contributed by atoms with Crippen molar-refractivity contribution in [3.05, 3.63) is 64.5 Å². The molecule has 0 spiro atoms. The minimum Gasteiger partial charge on any atom is -0.411 e. The largest absolute Gasteiger partial charge is 0.411 e. The molecule has 29 heavy (non-hydrogen) atoms. The summed E-state index contributed by atoms with van der Waals surface area (Å²) < 4.78 is 5.62. The van der Waals surface area contributed by atoms with Crippen LogP contribution in [0.1, 0.15) is 5.56 Å². The van der Waals surface area contributed by atoms with E-state index in [1.165, 1.54) is 23.1 Å². The van der Waals surface area contributed by atoms with Gasteiger partial charge in [-0.05, 0) is 31.2 Å². The lowest BCUT2D eigenvalue weighted by molar-refractivity contribution is -0.113. The number of carbonyl (C=O) groups excluding carboxylic acids is 1. The van der Waals surface area contributed by atoms with Crippen LogP contribution < -0.4 is 5.32 Å². The van der Waals surface area contributed by atoms with Crippen LogP contribution in [-0.4, -0.2) is 26.8 Å². The number of thiazole rings is 1. The summed E-state index contributed by atoms with van der Waals surface area (Å²) in [6.45, 7) is 2.01. The highest BCUT2D eigenvalue weighted by molar-refractivity contribution is 7.99. The molecule has 6 nitrogen and oxygen atoms in total. The number of anilines is 1. The number of hydrogen-bond donors (Lipinski definition) is 1. The molecule has 4 aromatic rings. The number of aromatic nitrogens is 3. The highest BCUT2D eigenvalue weighted by atomic mass is 35.5. The van der Waals surface area contributed by atoms with Crippen molar-refractivity contribution in [3.8, 4) is 22.7 Å². The van der Waals surface area contributed by atoms with Gasteiger partial charge in [-0.25, -0.2) is 4.98 Å². The fourth-order valence-corrected chi connectivity index (χ4v) is 3.87. The summed E-state index contributed by atoms with van der Waals surface area (Å²) in [4.78, 5) is 16.7. The second-order valence-electron chi connectivity index (χ2n) is 6.12. The Morgan fingerprint density at radius 1 is 1.10 bits per heavy atom. The zero-order chi connectivity index (χ0) is 20.2. The third-order valence-corrected chi connectivity index (χ3v) is 5.75. The molecule has 0 aliphatic rings. The van der Waals surface area contributed by atoms with Crippen LogP contribution in [0.25, 0.3) is 22.7 Å². The summed E-state index contributed by atoms with van der Waals surface area (Å²) in [5.41, 5.74) is 3.72. The van der Waals surface area contributed by atoms with Gasteiger partial charge in [0.05, 0.1) is 11.4 Å². The van der Waals surface area contributed by atoms with Crippen molar-refractivity contribution in [2.45, 2.75) is 12.1 Å². The van der Waals surface area contributed by atoms with Crippen molar-refractivity contribution in [2.75, 3.05) is 11.1 Å². The van der Waals surface area contributed by atoms with E-state index in [0.29, 0.717) is 21.3 Å². The fourth-order valence-electron chi connectivity index (χ4n) is 2.45. The first kappa shape index (κ1) is 19.6. The molecule has 2 heterocycles. The number of aryl methyl sites for hydroxylation is 1. The zero-order valence-electron chi connectivity index (χ0n) is 15.3. The van der Waals surface area contributed by atoms with Crippen LogP contribution in [0.2, 0.25) is 5.02 Å². The van der Waals surface area contributed by atoms with Crippen LogP contribution in [0, 0.1) is 6.92 Å². The second-order valence-corrected chi connectivity index (χ2v) is 8.34. The van der Waals surface area contributed by atoms with Crippen LogP contribution in [0.5, 0.6) is 0 Å². The summed E-state index contributed by atoms with van der Waals surface area (Å²) in [6, 6.07) is 15.2. The van der Waals surface area contributed by atoms with Crippen molar-refractivity contribution < 1.29 is 9.21 Å². The minimum absolute atomic E-state index is 0.144. The van der Waals surface area contributed by atoms with E-state index in [0.717, 1.165) is 22.4 Å². The van der Waals surface area contributed by atoms with Crippen molar-refractivity contribution in [2.24, 2.45) is 0 Å². The van der Waals surface area contributed by atoms with Crippen LogP contribution in [0.15, 0.2) is 63.6 Å². The molecule has 0 aliphatic heterocycles. The zero-order valence-corrected chi connectivity index (χ0v) is 17.6. The van der Waals surface area contributed by atoms with Gasteiger partial charge in [0.1, 0.15) is 0 Å². The fraction of sp³-hybridized carbons (Fsp3) is 0.100. The summed E-state index contributed by atoms with van der Waals surface area (Å²) >= 11 is 8.45. The monoisotopic (exact) mass is 442 g/mol. The van der Waals surface area contributed by atoms with Gasteiger partial charge in [-0.1, -0.05) is 53.2 Å². The summed E-state index contributed by atoms with van der Waals surface area (Å²) in [5, 5.41) is 14.2. The second kappa shape index (κ2) is 8.77. The topological polar surface area (TPSA) is 80.9 Å². The predicted molar refractivity (Wildman–Crippen MR) is 116 cm³/mol. The number of nitrogens with one attached hydrogen (secondary N) is 1. The first-order valence-corrected chi connectivity index (χ1v) is 10.9. The molecule has 0 radical (unpaired) electrons. The molecule has 0 saturated heterocycles. The standard InChI is InChI=1S/C20H15ClN4O2S2/c1-12-2-4-14(5-3-12)18-24-25-20(27-18)29-11-17(26)23-19-22-16(10-28-19)13-6-8-15(21)9-7-13/h2-10H,11H2,1H3,(H,22,23,26). The van der Waals surface area contributed by atoms with Crippen LogP contribution >= 0.6 is 34.7 Å². The van der Waals surface area contributed by atoms with Gasteiger partial charge in [0.25, 0.3) is 5.22 Å². The molecule has 0 atom stereocenters.